The summed E-state index contributed by atoms with van der Waals surface area (Å²) in [4.78, 5) is 13.9. The highest BCUT2D eigenvalue weighted by molar-refractivity contribution is 5.45. The molecular formula is C9H12N2O2. The van der Waals surface area contributed by atoms with Gasteiger partial charge in [0.2, 0.25) is 6.41 Å². The number of hydrogen-bond acceptors (Lipinski definition) is 3. The third-order valence-corrected chi connectivity index (χ3v) is 1.46. The van der Waals surface area contributed by atoms with Crippen molar-refractivity contribution >= 4 is 6.41 Å². The van der Waals surface area contributed by atoms with Crippen LogP contribution in [0.1, 0.15) is 6.92 Å². The molecule has 70 valence electrons. The first-order chi connectivity index (χ1) is 6.33. The molecule has 0 bridgehead atoms. The van der Waals surface area contributed by atoms with Crippen molar-refractivity contribution in [1.29, 1.82) is 0 Å². The molecule has 0 saturated heterocycles. The van der Waals surface area contributed by atoms with E-state index >= 15 is 0 Å². The lowest BCUT2D eigenvalue weighted by Gasteiger charge is -2.12. The van der Waals surface area contributed by atoms with Crippen LogP contribution in [0.4, 0.5) is 0 Å². The Morgan fingerprint density at radius 1 is 1.77 bits per heavy atom. The molecule has 4 nitrogen and oxygen atoms in total. The maximum Gasteiger partial charge on any atom is 0.207 e. The highest BCUT2D eigenvalue weighted by Gasteiger charge is 2.01. The van der Waals surface area contributed by atoms with E-state index in [1.165, 1.54) is 0 Å². The predicted octanol–water partition coefficient (Wildman–Crippen LogP) is 0.595. The second-order valence-corrected chi connectivity index (χ2v) is 2.64. The molecule has 1 aromatic heterocycles. The number of carbonyl (C=O) groups excluding carboxylic acids is 1. The van der Waals surface area contributed by atoms with Gasteiger partial charge in [0.1, 0.15) is 11.9 Å². The van der Waals surface area contributed by atoms with Gasteiger partial charge in [-0.05, 0) is 19.1 Å². The number of hydrogen-bond donors (Lipinski definition) is 1. The first-order valence-corrected chi connectivity index (χ1v) is 4.06. The molecule has 0 aliphatic rings. The summed E-state index contributed by atoms with van der Waals surface area (Å²) in [5, 5.41) is 2.54. The minimum Gasteiger partial charge on any atom is -0.487 e. The molecule has 0 aromatic carbocycles. The fraction of sp³-hybridized carbons (Fsp3) is 0.333. The van der Waals surface area contributed by atoms with Crippen molar-refractivity contribution in [2.45, 2.75) is 13.0 Å². The van der Waals surface area contributed by atoms with Crippen LogP contribution in [0.2, 0.25) is 0 Å². The largest absolute Gasteiger partial charge is 0.487 e. The van der Waals surface area contributed by atoms with Gasteiger partial charge in [-0.3, -0.25) is 9.78 Å². The Hall–Kier alpha value is -1.58. The molecule has 1 unspecified atom stereocenters. The number of nitrogens with zero attached hydrogens (tertiary/aromatic N) is 1. The summed E-state index contributed by atoms with van der Waals surface area (Å²) in [6, 6.07) is 3.62. The lowest BCUT2D eigenvalue weighted by atomic mass is 10.4. The monoisotopic (exact) mass is 180 g/mol. The van der Waals surface area contributed by atoms with E-state index in [1.807, 2.05) is 13.0 Å². The lowest BCUT2D eigenvalue weighted by molar-refractivity contribution is -0.109. The summed E-state index contributed by atoms with van der Waals surface area (Å²) < 4.78 is 5.43. The molecule has 0 saturated carbocycles. The van der Waals surface area contributed by atoms with Crippen molar-refractivity contribution < 1.29 is 9.53 Å². The first-order valence-electron chi connectivity index (χ1n) is 4.06. The number of pyridine rings is 1. The number of nitrogens with one attached hydrogen (secondary N) is 1. The number of carbonyl (C=O) groups is 1. The van der Waals surface area contributed by atoms with E-state index < -0.39 is 0 Å². The molecule has 0 spiro atoms. The zero-order chi connectivity index (χ0) is 9.52. The molecule has 0 fully saturated rings. The molecular weight excluding hydrogens is 168 g/mol. The number of amides is 1. The van der Waals surface area contributed by atoms with Crippen LogP contribution in [0.25, 0.3) is 0 Å². The second kappa shape index (κ2) is 5.13. The number of rotatable bonds is 5. The van der Waals surface area contributed by atoms with Crippen LogP contribution >= 0.6 is 0 Å². The van der Waals surface area contributed by atoms with E-state index in [2.05, 4.69) is 10.3 Å². The van der Waals surface area contributed by atoms with Gasteiger partial charge in [-0.25, -0.2) is 0 Å². The van der Waals surface area contributed by atoms with Gasteiger partial charge < -0.3 is 10.1 Å². The van der Waals surface area contributed by atoms with Gasteiger partial charge >= 0.3 is 0 Å². The Bertz CT molecular complexity index is 251. The van der Waals surface area contributed by atoms with E-state index in [0.29, 0.717) is 18.7 Å². The van der Waals surface area contributed by atoms with Crippen LogP contribution in [0, 0.1) is 0 Å². The van der Waals surface area contributed by atoms with E-state index in [-0.39, 0.29) is 6.10 Å². The average molecular weight is 180 g/mol. The number of aromatic nitrogens is 1. The molecule has 1 aromatic rings. The minimum absolute atomic E-state index is 0.0469. The van der Waals surface area contributed by atoms with Gasteiger partial charge in [-0.2, -0.15) is 0 Å². The second-order valence-electron chi connectivity index (χ2n) is 2.64. The molecule has 1 amide bonds. The van der Waals surface area contributed by atoms with E-state index in [0.717, 1.165) is 0 Å². The summed E-state index contributed by atoms with van der Waals surface area (Å²) in [6.45, 7) is 2.38. The topological polar surface area (TPSA) is 51.2 Å². The molecule has 13 heavy (non-hydrogen) atoms. The Morgan fingerprint density at radius 3 is 3.23 bits per heavy atom. The van der Waals surface area contributed by atoms with Gasteiger partial charge in [0, 0.05) is 6.20 Å². The Labute approximate surface area is 76.9 Å². The third kappa shape index (κ3) is 3.55. The maximum absolute atomic E-state index is 9.98. The smallest absolute Gasteiger partial charge is 0.207 e. The standard InChI is InChI=1S/C9H12N2O2/c1-8(5-11-7-12)13-9-3-2-4-10-6-9/h2-4,6-8H,5H2,1H3,(H,11,12). The lowest BCUT2D eigenvalue weighted by Crippen LogP contribution is -2.27. The molecule has 0 aliphatic carbocycles. The molecule has 1 rings (SSSR count). The number of ether oxygens (including phenoxy) is 1. The fourth-order valence-corrected chi connectivity index (χ4v) is 0.905. The van der Waals surface area contributed by atoms with Crippen molar-refractivity contribution in [3.63, 3.8) is 0 Å². The minimum atomic E-state index is -0.0469. The average Bonchev–Trinajstić information content (AvgIpc) is 2.16. The predicted molar refractivity (Wildman–Crippen MR) is 48.4 cm³/mol. The van der Waals surface area contributed by atoms with Crippen molar-refractivity contribution in [1.82, 2.24) is 10.3 Å². The van der Waals surface area contributed by atoms with Crippen LogP contribution in [-0.2, 0) is 4.79 Å². The quantitative estimate of drug-likeness (QED) is 0.675. The maximum atomic E-state index is 9.98. The summed E-state index contributed by atoms with van der Waals surface area (Å²) in [6.07, 6.45) is 3.93. The van der Waals surface area contributed by atoms with Crippen LogP contribution in [0.3, 0.4) is 0 Å². The van der Waals surface area contributed by atoms with E-state index in [9.17, 15) is 4.79 Å². The van der Waals surface area contributed by atoms with E-state index in [1.54, 1.807) is 18.5 Å². The van der Waals surface area contributed by atoms with Crippen LogP contribution in [0.5, 0.6) is 5.75 Å². The zero-order valence-corrected chi connectivity index (χ0v) is 7.43. The Balaban J connectivity index is 2.36. The van der Waals surface area contributed by atoms with Gasteiger partial charge in [-0.15, -0.1) is 0 Å². The molecule has 1 N–H and O–H groups in total. The molecule has 4 heteroatoms. The van der Waals surface area contributed by atoms with Gasteiger partial charge in [0.05, 0.1) is 12.7 Å². The van der Waals surface area contributed by atoms with Crippen LogP contribution in [0.15, 0.2) is 24.5 Å². The highest BCUT2D eigenvalue weighted by Crippen LogP contribution is 2.07. The van der Waals surface area contributed by atoms with Crippen LogP contribution < -0.4 is 10.1 Å². The van der Waals surface area contributed by atoms with Crippen LogP contribution in [-0.4, -0.2) is 24.0 Å². The van der Waals surface area contributed by atoms with E-state index in [4.69, 9.17) is 4.74 Å². The zero-order valence-electron chi connectivity index (χ0n) is 7.43. The van der Waals surface area contributed by atoms with Crippen molar-refractivity contribution in [2.24, 2.45) is 0 Å². The van der Waals surface area contributed by atoms with Gasteiger partial charge in [-0.1, -0.05) is 0 Å². The van der Waals surface area contributed by atoms with Gasteiger partial charge in [0.15, 0.2) is 0 Å². The highest BCUT2D eigenvalue weighted by atomic mass is 16.5. The third-order valence-electron chi connectivity index (χ3n) is 1.46. The van der Waals surface area contributed by atoms with Crippen molar-refractivity contribution in [3.8, 4) is 5.75 Å². The fourth-order valence-electron chi connectivity index (χ4n) is 0.905. The molecule has 0 radical (unpaired) electrons. The van der Waals surface area contributed by atoms with Crippen molar-refractivity contribution in [3.05, 3.63) is 24.5 Å². The summed E-state index contributed by atoms with van der Waals surface area (Å²) in [5.74, 6) is 0.711. The van der Waals surface area contributed by atoms with Gasteiger partial charge in [0.25, 0.3) is 0 Å². The summed E-state index contributed by atoms with van der Waals surface area (Å²) >= 11 is 0. The van der Waals surface area contributed by atoms with Crippen molar-refractivity contribution in [2.75, 3.05) is 6.54 Å². The first kappa shape index (κ1) is 9.51. The molecule has 1 heterocycles. The SMILES string of the molecule is CC(CNC=O)Oc1cccnc1. The Kier molecular flexibility index (Phi) is 3.75. The molecule has 1 atom stereocenters. The summed E-state index contributed by atoms with van der Waals surface area (Å²) in [7, 11) is 0. The normalized spacial score (nSPS) is 11.8. The Morgan fingerprint density at radius 2 is 2.62 bits per heavy atom. The molecule has 0 aliphatic heterocycles. The summed E-state index contributed by atoms with van der Waals surface area (Å²) in [5.41, 5.74) is 0.